The number of alkyl halides is 3. The number of amides is 1. The number of rotatable bonds is 2. The van der Waals surface area contributed by atoms with E-state index in [9.17, 15) is 18.0 Å². The number of carbonyl (C=O) groups is 1. The zero-order chi connectivity index (χ0) is 15.0. The van der Waals surface area contributed by atoms with E-state index in [-0.39, 0.29) is 11.7 Å². The second-order valence-electron chi connectivity index (χ2n) is 4.64. The predicted octanol–water partition coefficient (Wildman–Crippen LogP) is 2.80. The lowest BCUT2D eigenvalue weighted by Crippen LogP contribution is -2.34. The van der Waals surface area contributed by atoms with E-state index in [0.29, 0.717) is 29.9 Å². The van der Waals surface area contributed by atoms with Gasteiger partial charge in [-0.2, -0.15) is 0 Å². The summed E-state index contributed by atoms with van der Waals surface area (Å²) >= 11 is 0. The minimum absolute atomic E-state index is 0.185. The molecular formula is C14H11F3N2O2. The Balaban J connectivity index is 1.94. The zero-order valence-electron chi connectivity index (χ0n) is 10.8. The molecule has 21 heavy (non-hydrogen) atoms. The molecular weight excluding hydrogens is 285 g/mol. The number of ether oxygens (including phenoxy) is 1. The largest absolute Gasteiger partial charge is 0.573 e. The van der Waals surface area contributed by atoms with Crippen LogP contribution in [0.15, 0.2) is 36.5 Å². The molecule has 0 radical (unpaired) electrons. The standard InChI is InChI=1S/C14H11F3N2O2/c15-14(16,17)21-11-3-1-2-9(6-11)10-7-12-13(20)18-4-5-19(12)8-10/h1-3,6-8H,4-5H2,(H,18,20). The molecule has 0 fully saturated rings. The van der Waals surface area contributed by atoms with Gasteiger partial charge in [-0.05, 0) is 23.8 Å². The molecule has 0 saturated heterocycles. The first-order chi connectivity index (χ1) is 9.92. The number of carbonyl (C=O) groups excluding carboxylic acids is 1. The molecule has 1 aromatic heterocycles. The van der Waals surface area contributed by atoms with Crippen LogP contribution in [0.2, 0.25) is 0 Å². The Morgan fingerprint density at radius 1 is 1.19 bits per heavy atom. The Labute approximate surface area is 118 Å². The number of nitrogens with one attached hydrogen (secondary N) is 1. The first-order valence-corrected chi connectivity index (χ1v) is 6.27. The summed E-state index contributed by atoms with van der Waals surface area (Å²) in [5, 5.41) is 2.71. The van der Waals surface area contributed by atoms with Gasteiger partial charge in [0.25, 0.3) is 5.91 Å². The highest BCUT2D eigenvalue weighted by Crippen LogP contribution is 2.29. The molecule has 7 heteroatoms. The van der Waals surface area contributed by atoms with Crippen LogP contribution in [0.5, 0.6) is 5.75 Å². The van der Waals surface area contributed by atoms with E-state index in [1.807, 2.05) is 0 Å². The number of halogens is 3. The van der Waals surface area contributed by atoms with Crippen LogP contribution in [-0.2, 0) is 6.54 Å². The molecule has 0 atom stereocenters. The Kier molecular flexibility index (Phi) is 3.12. The molecule has 0 spiro atoms. The lowest BCUT2D eigenvalue weighted by atomic mass is 10.1. The van der Waals surface area contributed by atoms with Crippen LogP contribution < -0.4 is 10.1 Å². The van der Waals surface area contributed by atoms with Crippen LogP contribution in [-0.4, -0.2) is 23.4 Å². The second kappa shape index (κ2) is 4.83. The molecule has 0 unspecified atom stereocenters. The van der Waals surface area contributed by atoms with Crippen LogP contribution in [0.1, 0.15) is 10.5 Å². The van der Waals surface area contributed by atoms with Crippen molar-refractivity contribution in [1.82, 2.24) is 9.88 Å². The first kappa shape index (κ1) is 13.5. The average molecular weight is 296 g/mol. The molecule has 0 bridgehead atoms. The third-order valence-electron chi connectivity index (χ3n) is 3.17. The summed E-state index contributed by atoms with van der Waals surface area (Å²) in [6.45, 7) is 1.18. The van der Waals surface area contributed by atoms with E-state index >= 15 is 0 Å². The molecule has 1 aliphatic heterocycles. The SMILES string of the molecule is O=C1NCCn2cc(-c3cccc(OC(F)(F)F)c3)cc21. The van der Waals surface area contributed by atoms with Crippen molar-refractivity contribution in [3.8, 4) is 16.9 Å². The molecule has 2 aromatic rings. The number of aromatic nitrogens is 1. The Morgan fingerprint density at radius 2 is 2.00 bits per heavy atom. The highest BCUT2D eigenvalue weighted by molar-refractivity contribution is 5.95. The third-order valence-corrected chi connectivity index (χ3v) is 3.17. The molecule has 1 N–H and O–H groups in total. The summed E-state index contributed by atoms with van der Waals surface area (Å²) in [5.41, 5.74) is 1.74. The first-order valence-electron chi connectivity index (χ1n) is 6.27. The lowest BCUT2D eigenvalue weighted by molar-refractivity contribution is -0.274. The van der Waals surface area contributed by atoms with Crippen LogP contribution in [0, 0.1) is 0 Å². The predicted molar refractivity (Wildman–Crippen MR) is 68.9 cm³/mol. The molecule has 1 aliphatic rings. The number of nitrogens with zero attached hydrogens (tertiary/aromatic N) is 1. The molecule has 2 heterocycles. The third kappa shape index (κ3) is 2.86. The van der Waals surface area contributed by atoms with Crippen molar-refractivity contribution in [2.45, 2.75) is 12.9 Å². The van der Waals surface area contributed by atoms with Crippen LogP contribution in [0.4, 0.5) is 13.2 Å². The minimum Gasteiger partial charge on any atom is -0.406 e. The fourth-order valence-electron chi connectivity index (χ4n) is 2.30. The summed E-state index contributed by atoms with van der Waals surface area (Å²) in [4.78, 5) is 11.7. The lowest BCUT2D eigenvalue weighted by Gasteiger charge is -2.14. The summed E-state index contributed by atoms with van der Waals surface area (Å²) in [6, 6.07) is 7.34. The molecule has 1 amide bonds. The highest BCUT2D eigenvalue weighted by Gasteiger charge is 2.31. The topological polar surface area (TPSA) is 43.3 Å². The zero-order valence-corrected chi connectivity index (χ0v) is 10.8. The van der Waals surface area contributed by atoms with Crippen molar-refractivity contribution in [3.63, 3.8) is 0 Å². The van der Waals surface area contributed by atoms with Gasteiger partial charge in [0.15, 0.2) is 0 Å². The summed E-state index contributed by atoms with van der Waals surface area (Å²) in [7, 11) is 0. The van der Waals surface area contributed by atoms with E-state index in [2.05, 4.69) is 10.1 Å². The van der Waals surface area contributed by atoms with Gasteiger partial charge in [-0.25, -0.2) is 0 Å². The van der Waals surface area contributed by atoms with Gasteiger partial charge in [0.05, 0.1) is 0 Å². The fraction of sp³-hybridized carbons (Fsp3) is 0.214. The molecule has 3 rings (SSSR count). The van der Waals surface area contributed by atoms with Crippen LogP contribution >= 0.6 is 0 Å². The molecule has 4 nitrogen and oxygen atoms in total. The van der Waals surface area contributed by atoms with E-state index in [0.717, 1.165) is 0 Å². The van der Waals surface area contributed by atoms with Gasteiger partial charge in [0.2, 0.25) is 0 Å². The van der Waals surface area contributed by atoms with Crippen molar-refractivity contribution in [2.24, 2.45) is 0 Å². The maximum absolute atomic E-state index is 12.2. The maximum Gasteiger partial charge on any atom is 0.573 e. The van der Waals surface area contributed by atoms with Gasteiger partial charge in [0, 0.05) is 24.8 Å². The average Bonchev–Trinajstić information content (AvgIpc) is 2.82. The van der Waals surface area contributed by atoms with Crippen LogP contribution in [0.3, 0.4) is 0 Å². The summed E-state index contributed by atoms with van der Waals surface area (Å²) in [5.74, 6) is -0.469. The van der Waals surface area contributed by atoms with Crippen molar-refractivity contribution in [3.05, 3.63) is 42.2 Å². The number of hydrogen-bond acceptors (Lipinski definition) is 2. The van der Waals surface area contributed by atoms with E-state index in [1.54, 1.807) is 22.9 Å². The molecule has 0 aliphatic carbocycles. The van der Waals surface area contributed by atoms with Gasteiger partial charge in [-0.15, -0.1) is 13.2 Å². The minimum atomic E-state index is -4.72. The van der Waals surface area contributed by atoms with Crippen molar-refractivity contribution < 1.29 is 22.7 Å². The quantitative estimate of drug-likeness (QED) is 0.926. The Hall–Kier alpha value is -2.44. The van der Waals surface area contributed by atoms with Gasteiger partial charge in [-0.3, -0.25) is 4.79 Å². The number of benzene rings is 1. The summed E-state index contributed by atoms with van der Waals surface area (Å²) < 4.78 is 42.4. The van der Waals surface area contributed by atoms with Gasteiger partial charge in [0.1, 0.15) is 11.4 Å². The van der Waals surface area contributed by atoms with Gasteiger partial charge in [-0.1, -0.05) is 12.1 Å². The van der Waals surface area contributed by atoms with Crippen molar-refractivity contribution in [2.75, 3.05) is 6.54 Å². The van der Waals surface area contributed by atoms with Crippen molar-refractivity contribution >= 4 is 5.91 Å². The second-order valence-corrected chi connectivity index (χ2v) is 4.64. The fourth-order valence-corrected chi connectivity index (χ4v) is 2.30. The normalized spacial score (nSPS) is 14.5. The monoisotopic (exact) mass is 296 g/mol. The van der Waals surface area contributed by atoms with E-state index in [4.69, 9.17) is 0 Å². The number of hydrogen-bond donors (Lipinski definition) is 1. The van der Waals surface area contributed by atoms with E-state index < -0.39 is 6.36 Å². The summed E-state index contributed by atoms with van der Waals surface area (Å²) in [6.07, 6.45) is -2.97. The van der Waals surface area contributed by atoms with Crippen LogP contribution in [0.25, 0.3) is 11.1 Å². The van der Waals surface area contributed by atoms with Gasteiger partial charge >= 0.3 is 6.36 Å². The van der Waals surface area contributed by atoms with E-state index in [1.165, 1.54) is 18.2 Å². The molecule has 1 aromatic carbocycles. The smallest absolute Gasteiger partial charge is 0.406 e. The Bertz CT molecular complexity index is 692. The maximum atomic E-state index is 12.2. The molecule has 110 valence electrons. The van der Waals surface area contributed by atoms with Gasteiger partial charge < -0.3 is 14.6 Å². The van der Waals surface area contributed by atoms with Crippen molar-refractivity contribution in [1.29, 1.82) is 0 Å². The Morgan fingerprint density at radius 3 is 2.71 bits per heavy atom. The number of fused-ring (bicyclic) bond motifs is 1. The highest BCUT2D eigenvalue weighted by atomic mass is 19.4. The molecule has 0 saturated carbocycles.